The Morgan fingerprint density at radius 3 is 2.40 bits per heavy atom. The summed E-state index contributed by atoms with van der Waals surface area (Å²) in [6.45, 7) is 3.65. The number of nitrogens with two attached hydrogens (primary N) is 1. The molecule has 0 spiro atoms. The van der Waals surface area contributed by atoms with Gasteiger partial charge in [0.05, 0.1) is 19.8 Å². The van der Waals surface area contributed by atoms with Crippen LogP contribution in [0.5, 0.6) is 5.75 Å². The zero-order chi connectivity index (χ0) is 15.1. The van der Waals surface area contributed by atoms with Crippen molar-refractivity contribution >= 4 is 11.9 Å². The molecule has 0 aliphatic carbocycles. The zero-order valence-corrected chi connectivity index (χ0v) is 11.9. The summed E-state index contributed by atoms with van der Waals surface area (Å²) in [6, 6.07) is 5.68. The van der Waals surface area contributed by atoms with Crippen LogP contribution in [0.1, 0.15) is 25.5 Å². The number of nitrogens with one attached hydrogen (secondary N) is 1. The van der Waals surface area contributed by atoms with Crippen LogP contribution in [0.15, 0.2) is 24.3 Å². The minimum absolute atomic E-state index is 0.188. The lowest BCUT2D eigenvalue weighted by molar-refractivity contribution is -0.148. The van der Waals surface area contributed by atoms with Crippen LogP contribution in [0.25, 0.3) is 0 Å². The molecule has 0 saturated heterocycles. The van der Waals surface area contributed by atoms with Gasteiger partial charge in [0.1, 0.15) is 5.75 Å². The van der Waals surface area contributed by atoms with Gasteiger partial charge in [-0.2, -0.15) is 0 Å². The van der Waals surface area contributed by atoms with Crippen molar-refractivity contribution in [2.24, 2.45) is 5.73 Å². The highest BCUT2D eigenvalue weighted by molar-refractivity contribution is 6.01. The lowest BCUT2D eigenvalue weighted by Crippen LogP contribution is -2.47. The van der Waals surface area contributed by atoms with E-state index in [2.05, 4.69) is 5.32 Å². The first-order chi connectivity index (χ1) is 9.49. The lowest BCUT2D eigenvalue weighted by atomic mass is 10.1. The summed E-state index contributed by atoms with van der Waals surface area (Å²) < 4.78 is 9.76. The van der Waals surface area contributed by atoms with Crippen LogP contribution in [0.4, 0.5) is 0 Å². The first-order valence-electron chi connectivity index (χ1n) is 6.36. The van der Waals surface area contributed by atoms with Crippen molar-refractivity contribution in [2.75, 3.05) is 13.7 Å². The van der Waals surface area contributed by atoms with Crippen LogP contribution in [0.2, 0.25) is 0 Å². The summed E-state index contributed by atoms with van der Waals surface area (Å²) in [5.41, 5.74) is 6.40. The van der Waals surface area contributed by atoms with E-state index in [1.165, 1.54) is 0 Å². The Morgan fingerprint density at radius 1 is 1.30 bits per heavy atom. The predicted octanol–water partition coefficient (Wildman–Crippen LogP) is 0.763. The van der Waals surface area contributed by atoms with Gasteiger partial charge in [0.25, 0.3) is 0 Å². The van der Waals surface area contributed by atoms with Gasteiger partial charge in [-0.25, -0.2) is 4.79 Å². The summed E-state index contributed by atoms with van der Waals surface area (Å²) >= 11 is 0. The van der Waals surface area contributed by atoms with Crippen LogP contribution in [0, 0.1) is 0 Å². The smallest absolute Gasteiger partial charge is 0.332 e. The fraction of sp³-hybridized carbons (Fsp3) is 0.429. The van der Waals surface area contributed by atoms with Crippen molar-refractivity contribution in [3.8, 4) is 5.75 Å². The number of esters is 1. The Hall–Kier alpha value is -2.08. The predicted molar refractivity (Wildman–Crippen MR) is 74.2 cm³/mol. The first-order valence-corrected chi connectivity index (χ1v) is 6.36. The Bertz CT molecular complexity index is 459. The Balaban J connectivity index is 2.62. The molecule has 2 atom stereocenters. The second kappa shape index (κ2) is 7.49. The minimum Gasteiger partial charge on any atom is -0.497 e. The fourth-order valence-corrected chi connectivity index (χ4v) is 1.62. The summed E-state index contributed by atoms with van der Waals surface area (Å²) in [5.74, 6) is -0.561. The van der Waals surface area contributed by atoms with Gasteiger partial charge >= 0.3 is 5.97 Å². The van der Waals surface area contributed by atoms with Gasteiger partial charge in [-0.05, 0) is 31.5 Å². The topological polar surface area (TPSA) is 90.7 Å². The molecular formula is C14H20N2O4. The van der Waals surface area contributed by atoms with Gasteiger partial charge in [-0.15, -0.1) is 0 Å². The molecule has 1 rings (SSSR count). The van der Waals surface area contributed by atoms with E-state index in [0.717, 1.165) is 11.3 Å². The van der Waals surface area contributed by atoms with E-state index in [1.807, 2.05) is 12.1 Å². The molecule has 0 aliphatic rings. The molecule has 20 heavy (non-hydrogen) atoms. The third-order valence-electron chi connectivity index (χ3n) is 2.80. The number of methoxy groups -OCH3 is 1. The molecule has 1 amide bonds. The van der Waals surface area contributed by atoms with Crippen molar-refractivity contribution in [2.45, 2.75) is 25.9 Å². The number of carbonyl (C=O) groups excluding carboxylic acids is 2. The summed E-state index contributed by atoms with van der Waals surface area (Å²) in [4.78, 5) is 23.2. The highest BCUT2D eigenvalue weighted by atomic mass is 16.5. The molecule has 6 heteroatoms. The number of carbonyl (C=O) groups is 2. The molecule has 0 bridgehead atoms. The number of ether oxygens (including phenoxy) is 2. The third-order valence-corrected chi connectivity index (χ3v) is 2.80. The van der Waals surface area contributed by atoms with E-state index in [4.69, 9.17) is 15.2 Å². The van der Waals surface area contributed by atoms with Crippen molar-refractivity contribution in [1.29, 1.82) is 0 Å². The molecule has 0 saturated carbocycles. The van der Waals surface area contributed by atoms with Gasteiger partial charge in [0, 0.05) is 0 Å². The molecular weight excluding hydrogens is 260 g/mol. The molecule has 3 N–H and O–H groups in total. The Labute approximate surface area is 118 Å². The van der Waals surface area contributed by atoms with E-state index in [9.17, 15) is 9.59 Å². The van der Waals surface area contributed by atoms with Gasteiger partial charge in [0.2, 0.25) is 5.91 Å². The largest absolute Gasteiger partial charge is 0.497 e. The van der Waals surface area contributed by atoms with Crippen LogP contribution in [-0.4, -0.2) is 31.6 Å². The number of hydrogen-bond acceptors (Lipinski definition) is 5. The second-order valence-corrected chi connectivity index (χ2v) is 4.23. The molecule has 0 radical (unpaired) electrons. The normalized spacial score (nSPS) is 13.2. The monoisotopic (exact) mass is 280 g/mol. The third kappa shape index (κ3) is 4.24. The maximum atomic E-state index is 11.8. The Kier molecular flexibility index (Phi) is 5.99. The molecule has 6 nitrogen and oxygen atoms in total. The number of rotatable bonds is 6. The van der Waals surface area contributed by atoms with E-state index in [1.54, 1.807) is 33.1 Å². The van der Waals surface area contributed by atoms with Crippen LogP contribution in [-0.2, 0) is 14.3 Å². The maximum Gasteiger partial charge on any atom is 0.332 e. The average Bonchev–Trinajstić information content (AvgIpc) is 2.46. The molecule has 0 aromatic heterocycles. The summed E-state index contributed by atoms with van der Waals surface area (Å²) in [5, 5.41) is 2.67. The summed E-state index contributed by atoms with van der Waals surface area (Å²) in [7, 11) is 1.58. The summed E-state index contributed by atoms with van der Waals surface area (Å²) in [6.07, 6.45) is 0. The number of hydrogen-bond donors (Lipinski definition) is 2. The zero-order valence-electron chi connectivity index (χ0n) is 11.9. The van der Waals surface area contributed by atoms with E-state index >= 15 is 0 Å². The fourth-order valence-electron chi connectivity index (χ4n) is 1.62. The van der Waals surface area contributed by atoms with Crippen molar-refractivity contribution in [1.82, 2.24) is 5.32 Å². The quantitative estimate of drug-likeness (QED) is 0.593. The minimum atomic E-state index is -1.31. The standard InChI is InChI=1S/C14H20N2O4/c1-4-20-14(18)12(15)13(17)16-9(2)10-5-7-11(19-3)8-6-10/h5-9,12H,4,15H2,1-3H3,(H,16,17)/t9-,12?/m0/s1. The van der Waals surface area contributed by atoms with Crippen LogP contribution < -0.4 is 15.8 Å². The van der Waals surface area contributed by atoms with Crippen LogP contribution in [0.3, 0.4) is 0 Å². The van der Waals surface area contributed by atoms with Crippen LogP contribution >= 0.6 is 0 Å². The van der Waals surface area contributed by atoms with Gasteiger partial charge in [0.15, 0.2) is 6.04 Å². The van der Waals surface area contributed by atoms with E-state index < -0.39 is 17.9 Å². The molecule has 110 valence electrons. The lowest BCUT2D eigenvalue weighted by Gasteiger charge is -2.17. The Morgan fingerprint density at radius 2 is 1.90 bits per heavy atom. The van der Waals surface area contributed by atoms with Gasteiger partial charge in [-0.1, -0.05) is 12.1 Å². The maximum absolute atomic E-state index is 11.8. The molecule has 0 heterocycles. The SMILES string of the molecule is CCOC(=O)C(N)C(=O)N[C@@H](C)c1ccc(OC)cc1. The molecule has 0 aliphatic heterocycles. The molecule has 1 unspecified atom stereocenters. The van der Waals surface area contributed by atoms with Gasteiger partial charge in [-0.3, -0.25) is 4.79 Å². The van der Waals surface area contributed by atoms with Crippen molar-refractivity contribution in [3.05, 3.63) is 29.8 Å². The number of benzene rings is 1. The highest BCUT2D eigenvalue weighted by Crippen LogP contribution is 2.17. The molecule has 1 aromatic carbocycles. The molecule has 0 fully saturated rings. The first kappa shape index (κ1) is 16.0. The van der Waals surface area contributed by atoms with Gasteiger partial charge < -0.3 is 20.5 Å². The van der Waals surface area contributed by atoms with Crippen molar-refractivity contribution in [3.63, 3.8) is 0 Å². The highest BCUT2D eigenvalue weighted by Gasteiger charge is 2.24. The number of amides is 1. The van der Waals surface area contributed by atoms with Crippen molar-refractivity contribution < 1.29 is 19.1 Å². The van der Waals surface area contributed by atoms with E-state index in [0.29, 0.717) is 0 Å². The van der Waals surface area contributed by atoms with E-state index in [-0.39, 0.29) is 12.6 Å². The second-order valence-electron chi connectivity index (χ2n) is 4.23. The average molecular weight is 280 g/mol. The molecule has 1 aromatic rings.